The van der Waals surface area contributed by atoms with E-state index in [1.165, 1.54) is 0 Å². The van der Waals surface area contributed by atoms with Gasteiger partial charge in [0, 0.05) is 14.9 Å². The van der Waals surface area contributed by atoms with Crippen LogP contribution in [0.4, 0.5) is 58.4 Å². The zero-order chi connectivity index (χ0) is 20.9. The van der Waals surface area contributed by atoms with Crippen molar-refractivity contribution in [2.24, 2.45) is 0 Å². The second-order valence-electron chi connectivity index (χ2n) is 4.65. The van der Waals surface area contributed by atoms with E-state index in [2.05, 4.69) is 15.9 Å². The molecule has 0 saturated heterocycles. The summed E-state index contributed by atoms with van der Waals surface area (Å²) in [5.74, 6) is -7.01. The molecule has 26 heavy (non-hydrogen) atoms. The van der Waals surface area contributed by atoms with E-state index in [1.54, 1.807) is 0 Å². The first kappa shape index (κ1) is 23.0. The third-order valence-electron chi connectivity index (χ3n) is 2.89. The van der Waals surface area contributed by atoms with Gasteiger partial charge >= 0.3 is 29.5 Å². The molecule has 0 spiro atoms. The summed E-state index contributed by atoms with van der Waals surface area (Å²) < 4.78 is 153. The van der Waals surface area contributed by atoms with Crippen LogP contribution in [0.3, 0.4) is 0 Å². The molecule has 1 nitrogen and oxygen atoms in total. The fourth-order valence-corrected chi connectivity index (χ4v) is 2.97. The molecule has 1 atom stereocenters. The number of thioether (sulfide) groups is 1. The molecule has 0 aromatic heterocycles. The van der Waals surface area contributed by atoms with Gasteiger partial charge in [0.05, 0.1) is 5.69 Å². The smallest absolute Gasteiger partial charge is 0.397 e. The molecule has 2 N–H and O–H groups in total. The highest BCUT2D eigenvalue weighted by Gasteiger charge is 2.81. The van der Waals surface area contributed by atoms with Gasteiger partial charge in [-0.3, -0.25) is 0 Å². The Morgan fingerprint density at radius 1 is 0.769 bits per heavy atom. The van der Waals surface area contributed by atoms with Crippen LogP contribution in [0.2, 0.25) is 0 Å². The van der Waals surface area contributed by atoms with E-state index in [-0.39, 0.29) is 6.07 Å². The molecule has 0 fully saturated rings. The Balaban J connectivity index is 3.81. The molecule has 0 amide bonds. The molecule has 0 aliphatic carbocycles. The number of hydrogen-bond donors (Lipinski definition) is 1. The van der Waals surface area contributed by atoms with Crippen LogP contribution in [0.15, 0.2) is 21.5 Å². The Morgan fingerprint density at radius 3 is 1.58 bits per heavy atom. The summed E-state index contributed by atoms with van der Waals surface area (Å²) in [5.41, 5.74) is -9.78. The normalized spacial score (nSPS) is 16.5. The molecule has 0 bridgehead atoms. The van der Waals surface area contributed by atoms with Gasteiger partial charge in [0.2, 0.25) is 0 Å². The van der Waals surface area contributed by atoms with E-state index >= 15 is 0 Å². The second-order valence-corrected chi connectivity index (χ2v) is 6.61. The lowest BCUT2D eigenvalue weighted by Gasteiger charge is -2.36. The summed E-state index contributed by atoms with van der Waals surface area (Å²) >= 11 is 1.10. The molecule has 0 radical (unpaired) electrons. The number of alkyl halides is 12. The fourth-order valence-electron chi connectivity index (χ4n) is 1.72. The molecule has 0 aliphatic rings. The molecule has 150 valence electrons. The first-order valence-electron chi connectivity index (χ1n) is 5.81. The lowest BCUT2D eigenvalue weighted by Crippen LogP contribution is -2.59. The van der Waals surface area contributed by atoms with Crippen molar-refractivity contribution >= 4 is 33.4 Å². The lowest BCUT2D eigenvalue weighted by molar-refractivity contribution is -0.389. The van der Waals surface area contributed by atoms with Crippen molar-refractivity contribution in [3.63, 3.8) is 0 Å². The Kier molecular flexibility index (Phi) is 5.82. The second kappa shape index (κ2) is 6.56. The number of hydrogen-bond acceptors (Lipinski definition) is 2. The number of halogens is 13. The predicted molar refractivity (Wildman–Crippen MR) is 70.3 cm³/mol. The molecule has 1 aromatic carbocycles. The van der Waals surface area contributed by atoms with Gasteiger partial charge in [-0.25, -0.2) is 4.39 Å². The maximum Gasteiger partial charge on any atom is 0.457 e. The largest absolute Gasteiger partial charge is 0.457 e. The summed E-state index contributed by atoms with van der Waals surface area (Å²) in [6, 6.07) is -0.645. The quantitative estimate of drug-likeness (QED) is 0.295. The van der Waals surface area contributed by atoms with Gasteiger partial charge in [-0.15, -0.1) is 0 Å². The lowest BCUT2D eigenvalue weighted by atomic mass is 9.87. The Bertz CT molecular complexity index is 679. The number of anilines is 1. The highest BCUT2D eigenvalue weighted by molar-refractivity contribution is 9.10. The van der Waals surface area contributed by atoms with E-state index in [4.69, 9.17) is 5.73 Å². The van der Waals surface area contributed by atoms with Crippen LogP contribution >= 0.6 is 27.7 Å². The minimum atomic E-state index is -7.01. The van der Waals surface area contributed by atoms with Crippen molar-refractivity contribution in [2.45, 2.75) is 34.3 Å². The summed E-state index contributed by atoms with van der Waals surface area (Å²) in [6.45, 7) is 0. The Hall–Kier alpha value is -0.990. The SMILES string of the molecule is Nc1c(Br)cc(C(F)(C(F)(F)F)C(F)(F)C(F)(F)F)cc1SC(F)(F)F. The number of nitrogen functional groups attached to an aromatic ring is 1. The van der Waals surface area contributed by atoms with E-state index in [9.17, 15) is 52.7 Å². The number of benzene rings is 1. The minimum absolute atomic E-state index is 0.192. The summed E-state index contributed by atoms with van der Waals surface area (Å²) in [7, 11) is 0. The van der Waals surface area contributed by atoms with Crippen molar-refractivity contribution in [3.05, 3.63) is 22.2 Å². The molecular formula is C11H4BrF12NS. The molecule has 0 saturated carbocycles. The van der Waals surface area contributed by atoms with Gasteiger partial charge < -0.3 is 5.73 Å². The number of rotatable bonds is 3. The summed E-state index contributed by atoms with van der Waals surface area (Å²) in [4.78, 5) is -1.40. The zero-order valence-corrected chi connectivity index (χ0v) is 14.0. The summed E-state index contributed by atoms with van der Waals surface area (Å²) in [6.07, 6.45) is -13.8. The molecule has 15 heteroatoms. The molecule has 0 aliphatic heterocycles. The molecular weight excluding hydrogens is 486 g/mol. The average Bonchev–Trinajstić information content (AvgIpc) is 2.38. The minimum Gasteiger partial charge on any atom is -0.397 e. The van der Waals surface area contributed by atoms with Crippen LogP contribution in [0.25, 0.3) is 0 Å². The average molecular weight is 490 g/mol. The highest BCUT2D eigenvalue weighted by Crippen LogP contribution is 2.59. The zero-order valence-electron chi connectivity index (χ0n) is 11.6. The van der Waals surface area contributed by atoms with Gasteiger partial charge in [-0.2, -0.15) is 48.3 Å². The monoisotopic (exact) mass is 489 g/mol. The van der Waals surface area contributed by atoms with E-state index in [1.807, 2.05) is 0 Å². The highest BCUT2D eigenvalue weighted by atomic mass is 79.9. The molecule has 0 heterocycles. The van der Waals surface area contributed by atoms with E-state index in [0.717, 1.165) is 0 Å². The van der Waals surface area contributed by atoms with Crippen molar-refractivity contribution in [1.82, 2.24) is 0 Å². The van der Waals surface area contributed by atoms with Crippen molar-refractivity contribution in [3.8, 4) is 0 Å². The topological polar surface area (TPSA) is 26.0 Å². The van der Waals surface area contributed by atoms with Gasteiger partial charge in [0.15, 0.2) is 0 Å². The molecule has 1 rings (SSSR count). The third-order valence-corrected chi connectivity index (χ3v) is 4.34. The molecule has 1 unspecified atom stereocenters. The molecule has 1 aromatic rings. The first-order chi connectivity index (χ1) is 11.3. The van der Waals surface area contributed by atoms with Gasteiger partial charge in [-0.05, 0) is 39.8 Å². The van der Waals surface area contributed by atoms with Crippen LogP contribution in [0, 0.1) is 0 Å². The van der Waals surface area contributed by atoms with Gasteiger partial charge in [-0.1, -0.05) is 0 Å². The first-order valence-corrected chi connectivity index (χ1v) is 7.42. The van der Waals surface area contributed by atoms with Crippen molar-refractivity contribution < 1.29 is 52.7 Å². The van der Waals surface area contributed by atoms with Gasteiger partial charge in [0.1, 0.15) is 0 Å². The third kappa shape index (κ3) is 3.97. The maximum absolute atomic E-state index is 14.3. The van der Waals surface area contributed by atoms with Crippen LogP contribution in [-0.2, 0) is 5.67 Å². The number of nitrogens with two attached hydrogens (primary N) is 1. The van der Waals surface area contributed by atoms with Gasteiger partial charge in [0.25, 0.3) is 0 Å². The van der Waals surface area contributed by atoms with E-state index < -0.39 is 67.9 Å². The Labute approximate surface area is 149 Å². The van der Waals surface area contributed by atoms with Crippen LogP contribution in [0.1, 0.15) is 5.56 Å². The standard InChI is InChI=1S/C11H4BrF12NS/c12-4-1-3(2-5(6(4)25)26-11(22,23)24)7(13,9(16,17)18)8(14,15)10(19,20)21/h1-2H,25H2. The van der Waals surface area contributed by atoms with Crippen molar-refractivity contribution in [1.29, 1.82) is 0 Å². The van der Waals surface area contributed by atoms with Crippen LogP contribution in [0.5, 0.6) is 0 Å². The fraction of sp³-hybridized carbons (Fsp3) is 0.455. The van der Waals surface area contributed by atoms with Crippen LogP contribution in [-0.4, -0.2) is 23.8 Å². The van der Waals surface area contributed by atoms with Crippen molar-refractivity contribution in [2.75, 3.05) is 5.73 Å². The predicted octanol–water partition coefficient (Wildman–Crippen LogP) is 6.57. The maximum atomic E-state index is 14.3. The van der Waals surface area contributed by atoms with E-state index in [0.29, 0.717) is 0 Å². The van der Waals surface area contributed by atoms with Crippen LogP contribution < -0.4 is 5.73 Å². The Morgan fingerprint density at radius 2 is 1.23 bits per heavy atom. The summed E-state index contributed by atoms with van der Waals surface area (Å²) in [5, 5.41) is 0.